The number of unbranched alkanes of at least 4 members (excludes halogenated alkanes) is 3. The molecule has 0 bridgehead atoms. The minimum absolute atomic E-state index is 0.461. The van der Waals surface area contributed by atoms with Gasteiger partial charge in [-0.2, -0.15) is 4.98 Å². The summed E-state index contributed by atoms with van der Waals surface area (Å²) in [5, 5.41) is 11.9. The highest BCUT2D eigenvalue weighted by Crippen LogP contribution is 2.01. The Morgan fingerprint density at radius 2 is 2.27 bits per heavy atom. The zero-order valence-electron chi connectivity index (χ0n) is 8.94. The molecule has 0 radical (unpaired) electrons. The molecule has 1 aromatic heterocycles. The van der Waals surface area contributed by atoms with Crippen LogP contribution in [0.2, 0.25) is 0 Å². The van der Waals surface area contributed by atoms with Crippen LogP contribution in [0.25, 0.3) is 0 Å². The predicted octanol–water partition coefficient (Wildman–Crippen LogP) is 1.47. The van der Waals surface area contributed by atoms with Crippen LogP contribution in [-0.2, 0) is 0 Å². The van der Waals surface area contributed by atoms with Crippen LogP contribution in [0.4, 0.5) is 5.82 Å². The van der Waals surface area contributed by atoms with Crippen molar-refractivity contribution in [1.82, 2.24) is 9.71 Å². The fourth-order valence-electron chi connectivity index (χ4n) is 1.26. The average Bonchev–Trinajstić information content (AvgIpc) is 2.23. The third kappa shape index (κ3) is 4.01. The van der Waals surface area contributed by atoms with Gasteiger partial charge in [-0.1, -0.05) is 26.2 Å². The second-order valence-electron chi connectivity index (χ2n) is 3.43. The van der Waals surface area contributed by atoms with Crippen molar-refractivity contribution in [3.63, 3.8) is 0 Å². The molecule has 0 saturated carbocycles. The number of hydrogen-bond donors (Lipinski definition) is 2. The first-order chi connectivity index (χ1) is 7.24. The third-order valence-corrected chi connectivity index (χ3v) is 2.12. The van der Waals surface area contributed by atoms with Gasteiger partial charge in [0, 0.05) is 12.6 Å². The summed E-state index contributed by atoms with van der Waals surface area (Å²) in [4.78, 5) is 14.6. The van der Waals surface area contributed by atoms with Crippen molar-refractivity contribution in [2.45, 2.75) is 32.6 Å². The van der Waals surface area contributed by atoms with Crippen LogP contribution in [0.5, 0.6) is 0 Å². The van der Waals surface area contributed by atoms with Crippen molar-refractivity contribution in [2.24, 2.45) is 0 Å². The Morgan fingerprint density at radius 3 is 2.93 bits per heavy atom. The molecule has 2 N–H and O–H groups in total. The summed E-state index contributed by atoms with van der Waals surface area (Å²) in [7, 11) is 0. The van der Waals surface area contributed by atoms with E-state index in [1.165, 1.54) is 25.5 Å². The summed E-state index contributed by atoms with van der Waals surface area (Å²) in [6.45, 7) is 2.97. The minimum Gasteiger partial charge on any atom is -0.424 e. The lowest BCUT2D eigenvalue weighted by molar-refractivity contribution is 0.170. The quantitative estimate of drug-likeness (QED) is 0.552. The van der Waals surface area contributed by atoms with Gasteiger partial charge in [-0.3, -0.25) is 0 Å². The first-order valence-corrected chi connectivity index (χ1v) is 5.27. The molecule has 0 saturated heterocycles. The summed E-state index contributed by atoms with van der Waals surface area (Å²) >= 11 is 0. The zero-order valence-corrected chi connectivity index (χ0v) is 8.94. The number of nitrogens with one attached hydrogen (secondary N) is 1. The van der Waals surface area contributed by atoms with E-state index in [2.05, 4.69) is 17.2 Å². The van der Waals surface area contributed by atoms with Gasteiger partial charge in [0.15, 0.2) is 0 Å². The van der Waals surface area contributed by atoms with E-state index >= 15 is 0 Å². The Morgan fingerprint density at radius 1 is 1.47 bits per heavy atom. The molecule has 0 fully saturated rings. The van der Waals surface area contributed by atoms with E-state index in [9.17, 15) is 4.79 Å². The molecule has 15 heavy (non-hydrogen) atoms. The number of nitrogens with zero attached hydrogens (tertiary/aromatic N) is 2. The molecule has 0 aliphatic carbocycles. The van der Waals surface area contributed by atoms with Gasteiger partial charge in [-0.05, 0) is 6.42 Å². The van der Waals surface area contributed by atoms with Crippen LogP contribution in [0, 0.1) is 0 Å². The van der Waals surface area contributed by atoms with E-state index in [1.807, 2.05) is 0 Å². The highest BCUT2D eigenvalue weighted by Gasteiger charge is 1.97. The van der Waals surface area contributed by atoms with Crippen LogP contribution in [-0.4, -0.2) is 21.5 Å². The lowest BCUT2D eigenvalue weighted by atomic mass is 10.2. The molecule has 84 valence electrons. The Kier molecular flexibility index (Phi) is 4.66. The van der Waals surface area contributed by atoms with Crippen molar-refractivity contribution in [3.05, 3.63) is 22.7 Å². The standard InChI is InChI=1S/C10H17N3O2/c1-2-3-4-5-7-11-9-6-8-13(15)10(14)12-9/h6,8,15H,2-5,7H2,1H3,(H,11,12,14). The molecule has 0 aliphatic rings. The van der Waals surface area contributed by atoms with Gasteiger partial charge in [-0.15, -0.1) is 4.73 Å². The second-order valence-corrected chi connectivity index (χ2v) is 3.43. The van der Waals surface area contributed by atoms with Gasteiger partial charge in [0.2, 0.25) is 0 Å². The highest BCUT2D eigenvalue weighted by atomic mass is 16.5. The van der Waals surface area contributed by atoms with E-state index in [0.29, 0.717) is 10.5 Å². The number of anilines is 1. The Hall–Kier alpha value is -1.52. The molecule has 5 nitrogen and oxygen atoms in total. The smallest absolute Gasteiger partial charge is 0.382 e. The Bertz CT molecular complexity index is 349. The monoisotopic (exact) mass is 211 g/mol. The van der Waals surface area contributed by atoms with Crippen molar-refractivity contribution in [1.29, 1.82) is 0 Å². The number of rotatable bonds is 6. The summed E-state index contributed by atoms with van der Waals surface area (Å²) in [6.07, 6.45) is 5.97. The molecule has 0 unspecified atom stereocenters. The summed E-state index contributed by atoms with van der Waals surface area (Å²) < 4.78 is 0.461. The van der Waals surface area contributed by atoms with Gasteiger partial charge in [-0.25, -0.2) is 4.79 Å². The number of hydrogen-bond acceptors (Lipinski definition) is 4. The van der Waals surface area contributed by atoms with Gasteiger partial charge in [0.25, 0.3) is 0 Å². The Labute approximate surface area is 88.7 Å². The summed E-state index contributed by atoms with van der Waals surface area (Å²) in [5.41, 5.74) is -0.659. The molecule has 0 spiro atoms. The zero-order chi connectivity index (χ0) is 11.1. The van der Waals surface area contributed by atoms with Crippen molar-refractivity contribution in [3.8, 4) is 0 Å². The summed E-state index contributed by atoms with van der Waals surface area (Å²) in [6, 6.07) is 1.57. The lowest BCUT2D eigenvalue weighted by Crippen LogP contribution is -2.21. The molecule has 1 rings (SSSR count). The fourth-order valence-corrected chi connectivity index (χ4v) is 1.26. The van der Waals surface area contributed by atoms with E-state index in [-0.39, 0.29) is 0 Å². The van der Waals surface area contributed by atoms with E-state index in [4.69, 9.17) is 5.21 Å². The lowest BCUT2D eigenvalue weighted by Gasteiger charge is -2.04. The van der Waals surface area contributed by atoms with Crippen LogP contribution >= 0.6 is 0 Å². The SMILES string of the molecule is CCCCCCNc1ccn(O)c(=O)n1. The number of aromatic nitrogens is 2. The van der Waals surface area contributed by atoms with E-state index in [1.54, 1.807) is 6.07 Å². The highest BCUT2D eigenvalue weighted by molar-refractivity contribution is 5.31. The topological polar surface area (TPSA) is 67.2 Å². The van der Waals surface area contributed by atoms with Crippen molar-refractivity contribution in [2.75, 3.05) is 11.9 Å². The van der Waals surface area contributed by atoms with Crippen molar-refractivity contribution < 1.29 is 5.21 Å². The molecule has 0 amide bonds. The van der Waals surface area contributed by atoms with Crippen LogP contribution in [0.15, 0.2) is 17.1 Å². The van der Waals surface area contributed by atoms with Gasteiger partial charge in [0.1, 0.15) is 5.82 Å². The van der Waals surface area contributed by atoms with Crippen LogP contribution in [0.3, 0.4) is 0 Å². The molecule has 1 heterocycles. The molecule has 0 atom stereocenters. The van der Waals surface area contributed by atoms with Gasteiger partial charge in [0.05, 0.1) is 6.20 Å². The average molecular weight is 211 g/mol. The Balaban J connectivity index is 2.32. The van der Waals surface area contributed by atoms with Gasteiger partial charge < -0.3 is 10.5 Å². The first kappa shape index (κ1) is 11.6. The molecular weight excluding hydrogens is 194 g/mol. The maximum atomic E-state index is 10.9. The first-order valence-electron chi connectivity index (χ1n) is 5.27. The van der Waals surface area contributed by atoms with Crippen LogP contribution in [0.1, 0.15) is 32.6 Å². The van der Waals surface area contributed by atoms with Gasteiger partial charge >= 0.3 is 5.69 Å². The minimum atomic E-state index is -0.659. The maximum absolute atomic E-state index is 10.9. The van der Waals surface area contributed by atoms with Crippen molar-refractivity contribution >= 4 is 5.82 Å². The predicted molar refractivity (Wildman–Crippen MR) is 58.3 cm³/mol. The van der Waals surface area contributed by atoms with E-state index in [0.717, 1.165) is 13.0 Å². The third-order valence-electron chi connectivity index (χ3n) is 2.12. The fraction of sp³-hybridized carbons (Fsp3) is 0.600. The maximum Gasteiger partial charge on any atom is 0.382 e. The normalized spacial score (nSPS) is 10.2. The summed E-state index contributed by atoms with van der Waals surface area (Å²) in [5.74, 6) is 0.516. The molecular formula is C10H17N3O2. The molecule has 5 heteroatoms. The van der Waals surface area contributed by atoms with Crippen LogP contribution < -0.4 is 11.0 Å². The second kappa shape index (κ2) is 6.06. The molecule has 0 aromatic carbocycles. The molecule has 1 aromatic rings. The molecule has 0 aliphatic heterocycles. The largest absolute Gasteiger partial charge is 0.424 e. The van der Waals surface area contributed by atoms with E-state index < -0.39 is 5.69 Å².